The quantitative estimate of drug-likeness (QED) is 0.0977. The highest BCUT2D eigenvalue weighted by atomic mass is 16.7. The van der Waals surface area contributed by atoms with Crippen molar-refractivity contribution in [2.75, 3.05) is 33.3 Å². The van der Waals surface area contributed by atoms with E-state index in [9.17, 15) is 40.5 Å². The first-order valence-corrected chi connectivity index (χ1v) is 14.3. The molecular weight excluding hydrogens is 562 g/mol. The summed E-state index contributed by atoms with van der Waals surface area (Å²) in [5.74, 6) is -0.784. The van der Waals surface area contributed by atoms with Crippen molar-refractivity contribution in [1.82, 2.24) is 16.0 Å². The number of nitrogens with one attached hydrogen (secondary N) is 3. The van der Waals surface area contributed by atoms with Crippen LogP contribution in [0.4, 0.5) is 0 Å². The molecule has 0 radical (unpaired) electrons. The number of carbonyl (C=O) groups excluding carboxylic acids is 1. The van der Waals surface area contributed by atoms with Crippen LogP contribution < -0.4 is 27.4 Å². The minimum Gasteiger partial charge on any atom is -0.388 e. The zero-order valence-corrected chi connectivity index (χ0v) is 24.2. The molecule has 246 valence electrons. The van der Waals surface area contributed by atoms with Crippen LogP contribution in [0, 0.1) is 0 Å². The highest BCUT2D eigenvalue weighted by Crippen LogP contribution is 2.32. The van der Waals surface area contributed by atoms with Crippen molar-refractivity contribution in [3.8, 4) is 0 Å². The van der Waals surface area contributed by atoms with E-state index in [4.69, 9.17) is 30.4 Å². The van der Waals surface area contributed by atoms with E-state index in [-0.39, 0.29) is 32.5 Å². The average Bonchev–Trinajstić information content (AvgIpc) is 2.93. The minimum atomic E-state index is -1.69. The summed E-state index contributed by atoms with van der Waals surface area (Å²) in [7, 11) is 1.54. The van der Waals surface area contributed by atoms with Crippen molar-refractivity contribution in [1.29, 1.82) is 0 Å². The van der Waals surface area contributed by atoms with Crippen molar-refractivity contribution in [3.63, 3.8) is 0 Å². The van der Waals surface area contributed by atoms with Crippen molar-refractivity contribution in [2.45, 2.75) is 118 Å². The van der Waals surface area contributed by atoms with Crippen molar-refractivity contribution in [3.05, 3.63) is 0 Å². The maximum Gasteiger partial charge on any atom is 0.249 e. The fourth-order valence-electron chi connectivity index (χ4n) is 5.67. The number of nitrogens with two attached hydrogens (primary N) is 2. The molecule has 1 aliphatic carbocycles. The second-order valence-electron chi connectivity index (χ2n) is 11.4. The van der Waals surface area contributed by atoms with Gasteiger partial charge in [0.05, 0.1) is 18.7 Å². The SMILES string of the molecule is CCNCC1OC(OC2C(N)CC(NC(=O)C(O)CCN)C(OC3OCC(C)(O)C(NC)C3O)C2O)C(O)C(O)C1O. The van der Waals surface area contributed by atoms with E-state index in [0.717, 1.165) is 0 Å². The topological polar surface area (TPSA) is 284 Å². The summed E-state index contributed by atoms with van der Waals surface area (Å²) >= 11 is 0. The van der Waals surface area contributed by atoms with Gasteiger partial charge in [-0.2, -0.15) is 0 Å². The van der Waals surface area contributed by atoms with Crippen LogP contribution in [0.3, 0.4) is 0 Å². The maximum atomic E-state index is 12.7. The Kier molecular flexibility index (Phi) is 12.8. The predicted octanol–water partition coefficient (Wildman–Crippen LogP) is -6.48. The highest BCUT2D eigenvalue weighted by molar-refractivity contribution is 5.80. The molecule has 2 aliphatic heterocycles. The number of amides is 1. The molecule has 0 aromatic heterocycles. The Hall–Kier alpha value is -1.13. The van der Waals surface area contributed by atoms with Gasteiger partial charge in [0.2, 0.25) is 5.91 Å². The number of likely N-dealkylation sites (N-methyl/N-ethyl adjacent to an activating group) is 2. The molecule has 0 bridgehead atoms. The zero-order valence-electron chi connectivity index (χ0n) is 24.2. The van der Waals surface area contributed by atoms with Crippen molar-refractivity contribution >= 4 is 5.91 Å². The second kappa shape index (κ2) is 15.2. The number of hydrogen-bond acceptors (Lipinski definition) is 16. The Bertz CT molecular complexity index is 861. The van der Waals surface area contributed by atoms with E-state index in [0.29, 0.717) is 6.54 Å². The van der Waals surface area contributed by atoms with Crippen LogP contribution in [0.5, 0.6) is 0 Å². The molecule has 2 saturated heterocycles. The van der Waals surface area contributed by atoms with Gasteiger partial charge in [-0.15, -0.1) is 0 Å². The van der Waals surface area contributed by atoms with E-state index in [1.807, 2.05) is 6.92 Å². The molecule has 15 unspecified atom stereocenters. The molecule has 15 atom stereocenters. The van der Waals surface area contributed by atoms with Gasteiger partial charge in [-0.1, -0.05) is 6.92 Å². The smallest absolute Gasteiger partial charge is 0.249 e. The average molecular weight is 612 g/mol. The van der Waals surface area contributed by atoms with Crippen LogP contribution in [-0.2, 0) is 23.7 Å². The third-order valence-electron chi connectivity index (χ3n) is 8.08. The molecule has 3 fully saturated rings. The largest absolute Gasteiger partial charge is 0.388 e. The molecule has 1 amide bonds. The van der Waals surface area contributed by atoms with Gasteiger partial charge in [0.15, 0.2) is 12.6 Å². The van der Waals surface area contributed by atoms with E-state index in [1.54, 1.807) is 0 Å². The van der Waals surface area contributed by atoms with Crippen LogP contribution in [-0.4, -0.2) is 166 Å². The zero-order chi connectivity index (χ0) is 31.4. The van der Waals surface area contributed by atoms with Gasteiger partial charge in [-0.3, -0.25) is 4.79 Å². The first-order chi connectivity index (χ1) is 19.8. The Morgan fingerprint density at radius 1 is 1.05 bits per heavy atom. The number of carbonyl (C=O) groups is 1. The fraction of sp³-hybridized carbons (Fsp3) is 0.960. The molecule has 3 aliphatic rings. The Morgan fingerprint density at radius 3 is 2.33 bits per heavy atom. The summed E-state index contributed by atoms with van der Waals surface area (Å²) in [4.78, 5) is 12.7. The summed E-state index contributed by atoms with van der Waals surface area (Å²) < 4.78 is 23.2. The van der Waals surface area contributed by atoms with Gasteiger partial charge in [0.1, 0.15) is 60.5 Å². The molecular formula is C25H49N5O12. The Labute approximate surface area is 244 Å². The molecule has 0 aromatic carbocycles. The number of aliphatic hydroxyl groups excluding tert-OH is 6. The molecule has 0 spiro atoms. The molecule has 1 saturated carbocycles. The van der Waals surface area contributed by atoms with Gasteiger partial charge in [-0.25, -0.2) is 0 Å². The van der Waals surface area contributed by atoms with Gasteiger partial charge in [0.25, 0.3) is 0 Å². The summed E-state index contributed by atoms with van der Waals surface area (Å²) in [6.07, 6.45) is -15.7. The van der Waals surface area contributed by atoms with Crippen LogP contribution in [0.2, 0.25) is 0 Å². The Balaban J connectivity index is 1.84. The highest BCUT2D eigenvalue weighted by Gasteiger charge is 2.53. The van der Waals surface area contributed by atoms with Crippen LogP contribution in [0.15, 0.2) is 0 Å². The third kappa shape index (κ3) is 7.92. The first kappa shape index (κ1) is 35.4. The van der Waals surface area contributed by atoms with Gasteiger partial charge in [0, 0.05) is 12.6 Å². The monoisotopic (exact) mass is 611 g/mol. The molecule has 2 heterocycles. The van der Waals surface area contributed by atoms with Gasteiger partial charge >= 0.3 is 0 Å². The van der Waals surface area contributed by atoms with E-state index >= 15 is 0 Å². The molecule has 0 aromatic rings. The van der Waals surface area contributed by atoms with E-state index < -0.39 is 97.1 Å². The maximum absolute atomic E-state index is 12.7. The number of aliphatic hydroxyl groups is 7. The molecule has 3 rings (SSSR count). The normalized spacial score (nSPS) is 45.4. The van der Waals surface area contributed by atoms with E-state index in [1.165, 1.54) is 14.0 Å². The lowest BCUT2D eigenvalue weighted by molar-refractivity contribution is -0.330. The molecule has 14 N–H and O–H groups in total. The summed E-state index contributed by atoms with van der Waals surface area (Å²) in [5, 5.41) is 82.9. The number of rotatable bonds is 12. The lowest BCUT2D eigenvalue weighted by atomic mass is 9.83. The van der Waals surface area contributed by atoms with E-state index in [2.05, 4.69) is 16.0 Å². The number of ether oxygens (including phenoxy) is 4. The lowest BCUT2D eigenvalue weighted by Crippen LogP contribution is -2.70. The number of hydrogen-bond donors (Lipinski definition) is 12. The Morgan fingerprint density at radius 2 is 1.71 bits per heavy atom. The standard InChI is InChI=1S/C25H49N5O12/c1-4-29-8-13-14(32)15(33)16(34)24(40-13)41-19-10(27)7-11(30-22(37)12(31)5-6-26)20(17(19)35)42-23-18(36)21(28-3)25(2,38)9-39-23/h10-21,23-24,28-29,31-36,38H,4-9,26-27H2,1-3H3,(H,30,37). The van der Waals surface area contributed by atoms with Crippen LogP contribution in [0.25, 0.3) is 0 Å². The van der Waals surface area contributed by atoms with Crippen LogP contribution in [0.1, 0.15) is 26.7 Å². The summed E-state index contributed by atoms with van der Waals surface area (Å²) in [5.41, 5.74) is 10.4. The predicted molar refractivity (Wildman–Crippen MR) is 144 cm³/mol. The second-order valence-corrected chi connectivity index (χ2v) is 11.4. The first-order valence-electron chi connectivity index (χ1n) is 14.3. The van der Waals surface area contributed by atoms with Gasteiger partial charge in [-0.05, 0) is 39.9 Å². The lowest BCUT2D eigenvalue weighted by Gasteiger charge is -2.49. The fourth-order valence-corrected chi connectivity index (χ4v) is 5.67. The minimum absolute atomic E-state index is 0.0209. The third-order valence-corrected chi connectivity index (χ3v) is 8.08. The summed E-state index contributed by atoms with van der Waals surface area (Å²) in [6.45, 7) is 3.81. The van der Waals surface area contributed by atoms with Crippen LogP contribution >= 0.6 is 0 Å². The molecule has 17 heteroatoms. The molecule has 42 heavy (non-hydrogen) atoms. The van der Waals surface area contributed by atoms with Gasteiger partial charge < -0.3 is 82.1 Å². The summed E-state index contributed by atoms with van der Waals surface area (Å²) in [6, 6.07) is -2.86. The molecule has 17 nitrogen and oxygen atoms in total. The van der Waals surface area contributed by atoms with Crippen molar-refractivity contribution < 1.29 is 59.5 Å². The van der Waals surface area contributed by atoms with Crippen molar-refractivity contribution in [2.24, 2.45) is 11.5 Å².